The molecule has 0 saturated carbocycles. The number of hydrogen-bond acceptors (Lipinski definition) is 4. The molecule has 7 heteroatoms. The van der Waals surface area contributed by atoms with Crippen molar-refractivity contribution in [2.75, 3.05) is 39.5 Å². The Balaban J connectivity index is 0.00000243. The highest BCUT2D eigenvalue weighted by molar-refractivity contribution is 14.0. The minimum atomic E-state index is 0. The maximum Gasteiger partial charge on any atom is 0.194 e. The first-order chi connectivity index (χ1) is 12.2. The molecule has 146 valence electrons. The van der Waals surface area contributed by atoms with Crippen LogP contribution in [0.15, 0.2) is 23.2 Å². The quantitative estimate of drug-likeness (QED) is 0.390. The van der Waals surface area contributed by atoms with E-state index in [2.05, 4.69) is 17.1 Å². The van der Waals surface area contributed by atoms with Crippen LogP contribution in [0.4, 0.5) is 0 Å². The SMILES string of the molecule is CCNC(=NCc1ccc(O)c(OCC)c1)N1CCC2(CCOC2)C1.I. The number of phenolic OH excluding ortho intramolecular Hbond substituents is 1. The first kappa shape index (κ1) is 21.1. The van der Waals surface area contributed by atoms with Crippen LogP contribution >= 0.6 is 24.0 Å². The summed E-state index contributed by atoms with van der Waals surface area (Å²) in [5.41, 5.74) is 1.34. The summed E-state index contributed by atoms with van der Waals surface area (Å²) in [7, 11) is 0. The van der Waals surface area contributed by atoms with Gasteiger partial charge in [0.2, 0.25) is 0 Å². The molecule has 0 amide bonds. The fourth-order valence-corrected chi connectivity index (χ4v) is 3.61. The number of aliphatic imine (C=N–C) groups is 1. The Bertz CT molecular complexity index is 618. The third kappa shape index (κ3) is 4.94. The monoisotopic (exact) mass is 475 g/mol. The van der Waals surface area contributed by atoms with E-state index in [1.54, 1.807) is 6.07 Å². The minimum absolute atomic E-state index is 0. The molecule has 0 radical (unpaired) electrons. The van der Waals surface area contributed by atoms with E-state index in [0.29, 0.717) is 24.3 Å². The summed E-state index contributed by atoms with van der Waals surface area (Å²) in [5.74, 6) is 1.64. The second-order valence-corrected chi connectivity index (χ2v) is 6.88. The van der Waals surface area contributed by atoms with Crippen LogP contribution in [0.25, 0.3) is 0 Å². The molecule has 2 N–H and O–H groups in total. The Hall–Kier alpha value is -1.22. The van der Waals surface area contributed by atoms with Crippen molar-refractivity contribution in [3.05, 3.63) is 23.8 Å². The van der Waals surface area contributed by atoms with Crippen LogP contribution in [-0.4, -0.2) is 55.4 Å². The fraction of sp³-hybridized carbons (Fsp3) is 0.632. The number of likely N-dealkylation sites (tertiary alicyclic amines) is 1. The molecule has 1 unspecified atom stereocenters. The first-order valence-corrected chi connectivity index (χ1v) is 9.21. The second-order valence-electron chi connectivity index (χ2n) is 6.88. The van der Waals surface area contributed by atoms with E-state index in [1.165, 1.54) is 6.42 Å². The molecule has 2 saturated heterocycles. The van der Waals surface area contributed by atoms with Gasteiger partial charge < -0.3 is 24.8 Å². The molecule has 3 rings (SSSR count). The van der Waals surface area contributed by atoms with Gasteiger partial charge in [-0.2, -0.15) is 0 Å². The van der Waals surface area contributed by atoms with E-state index < -0.39 is 0 Å². The summed E-state index contributed by atoms with van der Waals surface area (Å²) in [6.45, 7) is 9.72. The van der Waals surface area contributed by atoms with E-state index in [4.69, 9.17) is 14.5 Å². The number of rotatable bonds is 5. The lowest BCUT2D eigenvalue weighted by molar-refractivity contribution is 0.156. The zero-order valence-electron chi connectivity index (χ0n) is 15.7. The maximum absolute atomic E-state index is 9.82. The third-order valence-corrected chi connectivity index (χ3v) is 4.99. The van der Waals surface area contributed by atoms with Crippen molar-refractivity contribution < 1.29 is 14.6 Å². The number of phenols is 1. The van der Waals surface area contributed by atoms with Crippen LogP contribution in [-0.2, 0) is 11.3 Å². The molecule has 2 heterocycles. The van der Waals surface area contributed by atoms with E-state index in [9.17, 15) is 5.11 Å². The molecule has 2 fully saturated rings. The highest BCUT2D eigenvalue weighted by atomic mass is 127. The smallest absolute Gasteiger partial charge is 0.194 e. The van der Waals surface area contributed by atoms with Gasteiger partial charge in [0.25, 0.3) is 0 Å². The van der Waals surface area contributed by atoms with Gasteiger partial charge in [0.15, 0.2) is 17.5 Å². The summed E-state index contributed by atoms with van der Waals surface area (Å²) in [5, 5.41) is 13.2. The summed E-state index contributed by atoms with van der Waals surface area (Å²) < 4.78 is 11.1. The van der Waals surface area contributed by atoms with Crippen LogP contribution in [0.1, 0.15) is 32.3 Å². The van der Waals surface area contributed by atoms with Gasteiger partial charge in [-0.3, -0.25) is 0 Å². The van der Waals surface area contributed by atoms with Crippen LogP contribution in [0.5, 0.6) is 11.5 Å². The van der Waals surface area contributed by atoms with Gasteiger partial charge in [0.05, 0.1) is 19.8 Å². The van der Waals surface area contributed by atoms with Crippen molar-refractivity contribution in [3.63, 3.8) is 0 Å². The zero-order chi connectivity index (χ0) is 17.7. The van der Waals surface area contributed by atoms with Crippen molar-refractivity contribution in [1.29, 1.82) is 0 Å². The Labute approximate surface area is 173 Å². The van der Waals surface area contributed by atoms with Crippen LogP contribution in [0.2, 0.25) is 0 Å². The lowest BCUT2D eigenvalue weighted by Gasteiger charge is -2.25. The number of halogens is 1. The van der Waals surface area contributed by atoms with E-state index >= 15 is 0 Å². The maximum atomic E-state index is 9.82. The average molecular weight is 475 g/mol. The highest BCUT2D eigenvalue weighted by Crippen LogP contribution is 2.38. The van der Waals surface area contributed by atoms with E-state index in [1.807, 2.05) is 19.1 Å². The topological polar surface area (TPSA) is 66.3 Å². The normalized spacial score (nSPS) is 22.5. The van der Waals surface area contributed by atoms with Crippen LogP contribution < -0.4 is 10.1 Å². The lowest BCUT2D eigenvalue weighted by Crippen LogP contribution is -2.41. The molecule has 0 aromatic heterocycles. The van der Waals surface area contributed by atoms with Gasteiger partial charge in [-0.05, 0) is 44.4 Å². The second kappa shape index (κ2) is 9.64. The number of nitrogens with one attached hydrogen (secondary N) is 1. The van der Waals surface area contributed by atoms with Gasteiger partial charge in [0.1, 0.15) is 0 Å². The van der Waals surface area contributed by atoms with Crippen molar-refractivity contribution in [3.8, 4) is 11.5 Å². The van der Waals surface area contributed by atoms with Gasteiger partial charge in [0, 0.05) is 31.7 Å². The summed E-state index contributed by atoms with van der Waals surface area (Å²) in [6.07, 6.45) is 2.32. The molecule has 2 aliphatic rings. The number of nitrogens with zero attached hydrogens (tertiary/aromatic N) is 2. The largest absolute Gasteiger partial charge is 0.504 e. The Morgan fingerprint density at radius 3 is 2.92 bits per heavy atom. The van der Waals surface area contributed by atoms with Crippen LogP contribution in [0, 0.1) is 5.41 Å². The number of hydrogen-bond donors (Lipinski definition) is 2. The van der Waals surface area contributed by atoms with Crippen molar-refractivity contribution >= 4 is 29.9 Å². The number of aromatic hydroxyl groups is 1. The highest BCUT2D eigenvalue weighted by Gasteiger charge is 2.42. The number of ether oxygens (including phenoxy) is 2. The molecule has 6 nitrogen and oxygen atoms in total. The van der Waals surface area contributed by atoms with Crippen LogP contribution in [0.3, 0.4) is 0 Å². The molecular weight excluding hydrogens is 445 g/mol. The summed E-state index contributed by atoms with van der Waals surface area (Å²) in [6, 6.07) is 5.42. The number of benzene rings is 1. The third-order valence-electron chi connectivity index (χ3n) is 4.99. The zero-order valence-corrected chi connectivity index (χ0v) is 18.0. The van der Waals surface area contributed by atoms with Gasteiger partial charge in [-0.25, -0.2) is 4.99 Å². The average Bonchev–Trinajstić information content (AvgIpc) is 3.25. The van der Waals surface area contributed by atoms with Crippen molar-refractivity contribution in [1.82, 2.24) is 10.2 Å². The molecule has 0 bridgehead atoms. The Morgan fingerprint density at radius 2 is 2.23 bits per heavy atom. The molecule has 1 aromatic carbocycles. The molecule has 26 heavy (non-hydrogen) atoms. The van der Waals surface area contributed by atoms with Gasteiger partial charge in [-0.15, -0.1) is 24.0 Å². The predicted molar refractivity (Wildman–Crippen MR) is 114 cm³/mol. The molecule has 1 aromatic rings. The molecule has 2 aliphatic heterocycles. The number of guanidine groups is 1. The Kier molecular flexibility index (Phi) is 7.82. The standard InChI is InChI=1S/C19H29N3O3.HI/c1-3-20-18(22-9-7-19(13-22)8-10-24-14-19)21-12-15-5-6-16(23)17(11-15)25-4-2;/h5-6,11,23H,3-4,7-10,12-14H2,1-2H3,(H,20,21);1H. The lowest BCUT2D eigenvalue weighted by atomic mass is 9.87. The van der Waals surface area contributed by atoms with Crippen molar-refractivity contribution in [2.24, 2.45) is 10.4 Å². The van der Waals surface area contributed by atoms with E-state index in [-0.39, 0.29) is 29.7 Å². The Morgan fingerprint density at radius 1 is 1.38 bits per heavy atom. The molecule has 0 aliphatic carbocycles. The molecule has 1 spiro atoms. The summed E-state index contributed by atoms with van der Waals surface area (Å²) >= 11 is 0. The van der Waals surface area contributed by atoms with Crippen molar-refractivity contribution in [2.45, 2.75) is 33.2 Å². The fourth-order valence-electron chi connectivity index (χ4n) is 3.61. The van der Waals surface area contributed by atoms with Gasteiger partial charge in [-0.1, -0.05) is 6.07 Å². The first-order valence-electron chi connectivity index (χ1n) is 9.21. The minimum Gasteiger partial charge on any atom is -0.504 e. The summed E-state index contributed by atoms with van der Waals surface area (Å²) in [4.78, 5) is 7.15. The van der Waals surface area contributed by atoms with E-state index in [0.717, 1.165) is 50.8 Å². The predicted octanol–water partition coefficient (Wildman–Crippen LogP) is 2.99. The van der Waals surface area contributed by atoms with Gasteiger partial charge >= 0.3 is 0 Å². The molecule has 1 atom stereocenters. The molecular formula is C19H30IN3O3.